The third-order valence-electron chi connectivity index (χ3n) is 5.54. The maximum Gasteiger partial charge on any atom is 0.132 e. The first-order valence-corrected chi connectivity index (χ1v) is 9.28. The lowest BCUT2D eigenvalue weighted by Crippen LogP contribution is -2.47. The zero-order valence-corrected chi connectivity index (χ0v) is 15.6. The van der Waals surface area contributed by atoms with Gasteiger partial charge in [0.15, 0.2) is 0 Å². The van der Waals surface area contributed by atoms with Crippen molar-refractivity contribution in [3.05, 3.63) is 37.1 Å². The molecule has 5 rings (SSSR count). The first kappa shape index (κ1) is 17.2. The van der Waals surface area contributed by atoms with Crippen LogP contribution in [0.25, 0.3) is 28.2 Å². The van der Waals surface area contributed by atoms with E-state index in [1.54, 1.807) is 23.1 Å². The number of fused-ring (bicyclic) bond motifs is 1. The summed E-state index contributed by atoms with van der Waals surface area (Å²) in [5.41, 5.74) is 3.49. The van der Waals surface area contributed by atoms with Crippen LogP contribution in [0.4, 0.5) is 0 Å². The van der Waals surface area contributed by atoms with Crippen molar-refractivity contribution in [3.63, 3.8) is 0 Å². The SMILES string of the molecule is C=NC[C@H]1C[C@](CC#N)(n2cc(-c3nc(-c4cn[nH]n4)cn4nccc34)cn2)C1. The minimum Gasteiger partial charge on any atom is -0.301 e. The molecule has 1 fully saturated rings. The molecule has 29 heavy (non-hydrogen) atoms. The Bertz CT molecular complexity index is 1200. The molecule has 0 bridgehead atoms. The van der Waals surface area contributed by atoms with Gasteiger partial charge < -0.3 is 4.99 Å². The third-order valence-corrected chi connectivity index (χ3v) is 5.54. The third kappa shape index (κ3) is 2.79. The summed E-state index contributed by atoms with van der Waals surface area (Å²) < 4.78 is 3.69. The maximum absolute atomic E-state index is 9.36. The molecule has 1 N–H and O–H groups in total. The van der Waals surface area contributed by atoms with Crippen LogP contribution in [0.2, 0.25) is 0 Å². The Morgan fingerprint density at radius 2 is 2.17 bits per heavy atom. The number of hydrogen-bond acceptors (Lipinski definition) is 7. The van der Waals surface area contributed by atoms with Gasteiger partial charge in [-0.15, -0.1) is 0 Å². The number of H-pyrrole nitrogens is 1. The lowest BCUT2D eigenvalue weighted by molar-refractivity contribution is 0.0627. The van der Waals surface area contributed by atoms with Gasteiger partial charge in [-0.25, -0.2) is 9.50 Å². The van der Waals surface area contributed by atoms with Crippen molar-refractivity contribution in [3.8, 4) is 28.7 Å². The number of aliphatic imine (C=N–C) groups is 1. The molecule has 0 aliphatic heterocycles. The Labute approximate surface area is 165 Å². The van der Waals surface area contributed by atoms with E-state index in [9.17, 15) is 5.26 Å². The van der Waals surface area contributed by atoms with Crippen LogP contribution >= 0.6 is 0 Å². The molecular formula is C19H18N10. The second kappa shape index (κ2) is 6.63. The fourth-order valence-corrected chi connectivity index (χ4v) is 4.18. The van der Waals surface area contributed by atoms with Gasteiger partial charge >= 0.3 is 0 Å². The summed E-state index contributed by atoms with van der Waals surface area (Å²) in [5.74, 6) is 0.448. The van der Waals surface area contributed by atoms with Crippen molar-refractivity contribution in [1.29, 1.82) is 5.26 Å². The van der Waals surface area contributed by atoms with Crippen molar-refractivity contribution < 1.29 is 0 Å². The normalized spacial score (nSPS) is 21.0. The number of hydrogen-bond donors (Lipinski definition) is 1. The lowest BCUT2D eigenvalue weighted by Gasteiger charge is -2.46. The average Bonchev–Trinajstić information content (AvgIpc) is 3.46. The van der Waals surface area contributed by atoms with Crippen LogP contribution in [0.3, 0.4) is 0 Å². The van der Waals surface area contributed by atoms with Gasteiger partial charge in [-0.3, -0.25) is 4.68 Å². The second-order valence-corrected chi connectivity index (χ2v) is 7.40. The van der Waals surface area contributed by atoms with Crippen LogP contribution < -0.4 is 0 Å². The molecule has 1 aliphatic carbocycles. The fourth-order valence-electron chi connectivity index (χ4n) is 4.18. The van der Waals surface area contributed by atoms with Crippen LogP contribution in [0, 0.1) is 17.2 Å². The van der Waals surface area contributed by atoms with E-state index in [-0.39, 0.29) is 5.54 Å². The van der Waals surface area contributed by atoms with E-state index in [0.29, 0.717) is 23.7 Å². The lowest BCUT2D eigenvalue weighted by atomic mass is 9.67. The first-order chi connectivity index (χ1) is 14.2. The summed E-state index contributed by atoms with van der Waals surface area (Å²) in [6, 6.07) is 4.23. The Morgan fingerprint density at radius 3 is 2.93 bits per heavy atom. The van der Waals surface area contributed by atoms with Crippen LogP contribution in [0.15, 0.2) is 42.0 Å². The minimum absolute atomic E-state index is 0.289. The molecule has 4 aromatic rings. The average molecular weight is 386 g/mol. The Balaban J connectivity index is 1.55. The predicted molar refractivity (Wildman–Crippen MR) is 105 cm³/mol. The molecule has 1 saturated carbocycles. The quantitative estimate of drug-likeness (QED) is 0.506. The van der Waals surface area contributed by atoms with Gasteiger partial charge in [0.05, 0.1) is 54.0 Å². The summed E-state index contributed by atoms with van der Waals surface area (Å²) >= 11 is 0. The summed E-state index contributed by atoms with van der Waals surface area (Å²) in [5, 5.41) is 28.9. The van der Waals surface area contributed by atoms with Crippen LogP contribution in [0.5, 0.6) is 0 Å². The zero-order valence-electron chi connectivity index (χ0n) is 15.6. The van der Waals surface area contributed by atoms with Gasteiger partial charge in [0.25, 0.3) is 0 Å². The predicted octanol–water partition coefficient (Wildman–Crippen LogP) is 2.10. The van der Waals surface area contributed by atoms with Crippen molar-refractivity contribution in [2.45, 2.75) is 24.8 Å². The molecule has 0 unspecified atom stereocenters. The summed E-state index contributed by atoms with van der Waals surface area (Å²) in [6.45, 7) is 4.30. The highest BCUT2D eigenvalue weighted by molar-refractivity contribution is 5.77. The molecule has 0 aromatic carbocycles. The second-order valence-electron chi connectivity index (χ2n) is 7.40. The molecule has 0 spiro atoms. The Hall–Kier alpha value is -3.87. The fraction of sp³-hybridized carbons (Fsp3) is 0.316. The summed E-state index contributed by atoms with van der Waals surface area (Å²) in [4.78, 5) is 8.79. The van der Waals surface area contributed by atoms with E-state index < -0.39 is 0 Å². The van der Waals surface area contributed by atoms with E-state index in [1.807, 2.05) is 23.1 Å². The van der Waals surface area contributed by atoms with Gasteiger partial charge in [-0.2, -0.15) is 30.9 Å². The molecule has 0 radical (unpaired) electrons. The Kier molecular flexibility index (Phi) is 3.94. The molecular weight excluding hydrogens is 368 g/mol. The van der Waals surface area contributed by atoms with Crippen LogP contribution in [0.1, 0.15) is 19.3 Å². The number of aromatic amines is 1. The topological polar surface area (TPSA) is 126 Å². The molecule has 1 aliphatic rings. The summed E-state index contributed by atoms with van der Waals surface area (Å²) in [6.07, 6.45) is 11.1. The number of nitriles is 1. The molecule has 0 atom stereocenters. The van der Waals surface area contributed by atoms with Crippen LogP contribution in [-0.4, -0.2) is 53.1 Å². The maximum atomic E-state index is 9.36. The molecule has 0 saturated heterocycles. The number of aromatic nitrogens is 8. The standard InChI is InChI=1S/C19H18N10/c1-21-8-13-6-19(7-13,3-4-20)29-11-14(9-24-29)18-17-2-5-23-28(17)12-16(25-18)15-10-22-27-26-15/h2,5,9-13H,1,3,6-8H2,(H,22,26,27)/t13-,19-. The zero-order chi connectivity index (χ0) is 19.8. The van der Waals surface area contributed by atoms with E-state index in [1.165, 1.54) is 0 Å². The highest BCUT2D eigenvalue weighted by atomic mass is 15.3. The van der Waals surface area contributed by atoms with Crippen LogP contribution in [-0.2, 0) is 5.54 Å². The van der Waals surface area contributed by atoms with Crippen molar-refractivity contribution >= 4 is 12.2 Å². The molecule has 0 amide bonds. The summed E-state index contributed by atoms with van der Waals surface area (Å²) in [7, 11) is 0. The van der Waals surface area contributed by atoms with Gasteiger partial charge in [0.1, 0.15) is 11.4 Å². The van der Waals surface area contributed by atoms with E-state index in [4.69, 9.17) is 4.98 Å². The molecule has 4 aromatic heterocycles. The van der Waals surface area contributed by atoms with Crippen molar-refractivity contribution in [2.24, 2.45) is 10.9 Å². The number of nitrogens with zero attached hydrogens (tertiary/aromatic N) is 9. The van der Waals surface area contributed by atoms with Gasteiger partial charge in [-0.1, -0.05) is 0 Å². The largest absolute Gasteiger partial charge is 0.301 e. The highest BCUT2D eigenvalue weighted by Gasteiger charge is 2.46. The van der Waals surface area contributed by atoms with Gasteiger partial charge in [0.2, 0.25) is 0 Å². The molecule has 10 heteroatoms. The van der Waals surface area contributed by atoms with Crippen molar-refractivity contribution in [1.82, 2.24) is 39.8 Å². The van der Waals surface area contributed by atoms with Crippen molar-refractivity contribution in [2.75, 3.05) is 6.54 Å². The van der Waals surface area contributed by atoms with E-state index in [0.717, 1.165) is 36.2 Å². The number of nitrogens with one attached hydrogen (secondary N) is 1. The smallest absolute Gasteiger partial charge is 0.132 e. The highest BCUT2D eigenvalue weighted by Crippen LogP contribution is 2.46. The Morgan fingerprint density at radius 1 is 1.28 bits per heavy atom. The molecule has 10 nitrogen and oxygen atoms in total. The molecule has 144 valence electrons. The molecule has 4 heterocycles. The van der Waals surface area contributed by atoms with Gasteiger partial charge in [0, 0.05) is 18.3 Å². The van der Waals surface area contributed by atoms with Gasteiger partial charge in [-0.05, 0) is 31.5 Å². The van der Waals surface area contributed by atoms with E-state index in [2.05, 4.69) is 43.4 Å². The minimum atomic E-state index is -0.289. The number of rotatable bonds is 6. The van der Waals surface area contributed by atoms with E-state index >= 15 is 0 Å². The first-order valence-electron chi connectivity index (χ1n) is 9.28. The monoisotopic (exact) mass is 386 g/mol.